The first kappa shape index (κ1) is 18.7. The third-order valence-corrected chi connectivity index (χ3v) is 5.32. The highest BCUT2D eigenvalue weighted by atomic mass is 79.9. The average molecular weight is 413 g/mol. The van der Waals surface area contributed by atoms with Crippen molar-refractivity contribution in [1.82, 2.24) is 9.88 Å². The first-order chi connectivity index (χ1) is 11.1. The van der Waals surface area contributed by atoms with E-state index in [0.717, 1.165) is 10.0 Å². The Hall–Kier alpha value is -1.60. The van der Waals surface area contributed by atoms with E-state index in [1.54, 1.807) is 30.3 Å². The number of benzene rings is 1. The summed E-state index contributed by atoms with van der Waals surface area (Å²) in [6.45, 7) is 5.89. The van der Waals surface area contributed by atoms with E-state index in [9.17, 15) is 13.2 Å². The first-order valence-corrected chi connectivity index (χ1v) is 10.3. The van der Waals surface area contributed by atoms with Gasteiger partial charge in [-0.2, -0.15) is 0 Å². The Labute approximate surface area is 151 Å². The molecular formula is C17H21BrN2O3S. The molecule has 7 heteroatoms. The minimum Gasteiger partial charge on any atom is -0.344 e. The van der Waals surface area contributed by atoms with E-state index >= 15 is 0 Å². The molecule has 2 rings (SSSR count). The number of amides is 1. The van der Waals surface area contributed by atoms with E-state index in [1.807, 2.05) is 31.5 Å². The van der Waals surface area contributed by atoms with Crippen molar-refractivity contribution in [3.63, 3.8) is 0 Å². The van der Waals surface area contributed by atoms with E-state index in [2.05, 4.69) is 21.2 Å². The molecule has 130 valence electrons. The van der Waals surface area contributed by atoms with Crippen LogP contribution in [0.4, 0.5) is 0 Å². The van der Waals surface area contributed by atoms with Crippen molar-refractivity contribution < 1.29 is 13.2 Å². The number of hydrogen-bond acceptors (Lipinski definition) is 3. The topological polar surface area (TPSA) is 68.2 Å². The lowest BCUT2D eigenvalue weighted by Crippen LogP contribution is -2.29. The van der Waals surface area contributed by atoms with Gasteiger partial charge in [0.05, 0.1) is 10.9 Å². The van der Waals surface area contributed by atoms with Crippen LogP contribution in [0.1, 0.15) is 48.9 Å². The molecule has 2 aromatic rings. The van der Waals surface area contributed by atoms with Crippen LogP contribution >= 0.6 is 15.9 Å². The van der Waals surface area contributed by atoms with Crippen molar-refractivity contribution >= 4 is 31.7 Å². The second-order valence-electron chi connectivity index (χ2n) is 6.08. The Balaban J connectivity index is 2.17. The number of nitrogens with one attached hydrogen (secondary N) is 1. The highest BCUT2D eigenvalue weighted by Gasteiger charge is 2.18. The average Bonchev–Trinajstić information content (AvgIpc) is 2.89. The molecule has 0 saturated carbocycles. The van der Waals surface area contributed by atoms with E-state index in [1.165, 1.54) is 6.26 Å². The molecule has 1 heterocycles. The zero-order valence-corrected chi connectivity index (χ0v) is 16.5. The molecule has 0 radical (unpaired) electrons. The minimum atomic E-state index is -3.22. The smallest absolute Gasteiger partial charge is 0.268 e. The van der Waals surface area contributed by atoms with Crippen LogP contribution in [0.5, 0.6) is 0 Å². The van der Waals surface area contributed by atoms with E-state index in [0.29, 0.717) is 5.69 Å². The van der Waals surface area contributed by atoms with Crippen molar-refractivity contribution in [3.8, 4) is 0 Å². The predicted molar refractivity (Wildman–Crippen MR) is 98.0 cm³/mol. The summed E-state index contributed by atoms with van der Waals surface area (Å²) < 4.78 is 25.8. The Morgan fingerprint density at radius 1 is 1.17 bits per heavy atom. The number of carbonyl (C=O) groups is 1. The molecule has 0 aliphatic heterocycles. The molecule has 0 aliphatic rings. The second kappa shape index (κ2) is 7.11. The summed E-state index contributed by atoms with van der Waals surface area (Å²) in [6.07, 6.45) is 3.05. The zero-order valence-electron chi connectivity index (χ0n) is 14.1. The first-order valence-electron chi connectivity index (χ1n) is 7.58. The van der Waals surface area contributed by atoms with Gasteiger partial charge in [-0.05, 0) is 60.5 Å². The van der Waals surface area contributed by atoms with Gasteiger partial charge in [0.2, 0.25) is 0 Å². The third kappa shape index (κ3) is 4.27. The molecule has 5 nitrogen and oxygen atoms in total. The van der Waals surface area contributed by atoms with Gasteiger partial charge in [0.1, 0.15) is 5.69 Å². The summed E-state index contributed by atoms with van der Waals surface area (Å²) in [5.41, 5.74) is 1.42. The third-order valence-electron chi connectivity index (χ3n) is 3.76. The second-order valence-corrected chi connectivity index (χ2v) is 9.01. The molecule has 0 fully saturated rings. The summed E-state index contributed by atoms with van der Waals surface area (Å²) >= 11 is 3.40. The van der Waals surface area contributed by atoms with Crippen molar-refractivity contribution in [1.29, 1.82) is 0 Å². The summed E-state index contributed by atoms with van der Waals surface area (Å²) in [5.74, 6) is -0.172. The van der Waals surface area contributed by atoms with Crippen molar-refractivity contribution in [2.24, 2.45) is 0 Å². The number of rotatable bonds is 5. The molecule has 1 unspecified atom stereocenters. The summed E-state index contributed by atoms with van der Waals surface area (Å²) in [6, 6.07) is 8.27. The standard InChI is InChI=1S/C17H21BrN2O3S/c1-11(2)20-10-14(18)9-16(20)17(21)19-12(3)13-5-7-15(8-6-13)24(4,22)23/h5-12H,1-4H3,(H,19,21). The van der Waals surface area contributed by atoms with Gasteiger partial charge < -0.3 is 9.88 Å². The Morgan fingerprint density at radius 3 is 2.25 bits per heavy atom. The van der Waals surface area contributed by atoms with Crippen LogP contribution in [-0.4, -0.2) is 25.1 Å². The van der Waals surface area contributed by atoms with Crippen LogP contribution in [0.25, 0.3) is 0 Å². The monoisotopic (exact) mass is 412 g/mol. The van der Waals surface area contributed by atoms with Crippen LogP contribution in [0.2, 0.25) is 0 Å². The number of carbonyl (C=O) groups excluding carboxylic acids is 1. The lowest BCUT2D eigenvalue weighted by atomic mass is 10.1. The van der Waals surface area contributed by atoms with Gasteiger partial charge in [0.25, 0.3) is 5.91 Å². The van der Waals surface area contributed by atoms with E-state index < -0.39 is 9.84 Å². The normalized spacial score (nSPS) is 13.1. The molecule has 1 N–H and O–H groups in total. The van der Waals surface area contributed by atoms with Crippen LogP contribution in [0.3, 0.4) is 0 Å². The number of halogens is 1. The molecule has 0 aliphatic carbocycles. The SMILES string of the molecule is CC(NC(=O)c1cc(Br)cn1C(C)C)c1ccc(S(C)(=O)=O)cc1. The highest BCUT2D eigenvalue weighted by molar-refractivity contribution is 9.10. The van der Waals surface area contributed by atoms with Gasteiger partial charge in [-0.15, -0.1) is 0 Å². The van der Waals surface area contributed by atoms with Gasteiger partial charge in [0.15, 0.2) is 9.84 Å². The van der Waals surface area contributed by atoms with Gasteiger partial charge in [-0.1, -0.05) is 12.1 Å². The molecule has 0 bridgehead atoms. The molecular weight excluding hydrogens is 392 g/mol. The maximum absolute atomic E-state index is 12.5. The summed E-state index contributed by atoms with van der Waals surface area (Å²) in [4.78, 5) is 12.8. The highest BCUT2D eigenvalue weighted by Crippen LogP contribution is 2.21. The molecule has 0 spiro atoms. The van der Waals surface area contributed by atoms with Gasteiger partial charge >= 0.3 is 0 Å². The number of sulfone groups is 1. The number of aromatic nitrogens is 1. The van der Waals surface area contributed by atoms with Crippen LogP contribution in [-0.2, 0) is 9.84 Å². The number of hydrogen-bond donors (Lipinski definition) is 1. The zero-order chi connectivity index (χ0) is 18.1. The Morgan fingerprint density at radius 2 is 1.75 bits per heavy atom. The van der Waals surface area contributed by atoms with E-state index in [4.69, 9.17) is 0 Å². The van der Waals surface area contributed by atoms with Gasteiger partial charge in [0, 0.05) is 23.0 Å². The van der Waals surface area contributed by atoms with Crippen molar-refractivity contribution in [3.05, 3.63) is 52.3 Å². The largest absolute Gasteiger partial charge is 0.344 e. The maximum atomic E-state index is 12.5. The Kier molecular flexibility index (Phi) is 5.55. The summed E-state index contributed by atoms with van der Waals surface area (Å²) in [5, 5.41) is 2.95. The molecule has 0 saturated heterocycles. The molecule has 1 amide bonds. The fourth-order valence-electron chi connectivity index (χ4n) is 2.41. The van der Waals surface area contributed by atoms with Gasteiger partial charge in [-0.3, -0.25) is 4.79 Å². The summed E-state index contributed by atoms with van der Waals surface area (Å²) in [7, 11) is -3.22. The fraction of sp³-hybridized carbons (Fsp3) is 0.353. The molecule has 1 aromatic carbocycles. The quantitative estimate of drug-likeness (QED) is 0.813. The lowest BCUT2D eigenvalue weighted by molar-refractivity contribution is 0.0929. The predicted octanol–water partition coefficient (Wildman–Crippen LogP) is 3.73. The molecule has 24 heavy (non-hydrogen) atoms. The molecule has 1 aromatic heterocycles. The fourth-order valence-corrected chi connectivity index (χ4v) is 3.48. The van der Waals surface area contributed by atoms with Crippen LogP contribution in [0, 0.1) is 0 Å². The van der Waals surface area contributed by atoms with Crippen LogP contribution in [0.15, 0.2) is 45.9 Å². The minimum absolute atomic E-state index is 0.168. The molecule has 1 atom stereocenters. The lowest BCUT2D eigenvalue weighted by Gasteiger charge is -2.17. The van der Waals surface area contributed by atoms with Crippen molar-refractivity contribution in [2.75, 3.05) is 6.26 Å². The maximum Gasteiger partial charge on any atom is 0.268 e. The number of nitrogens with zero attached hydrogens (tertiary/aromatic N) is 1. The van der Waals surface area contributed by atoms with E-state index in [-0.39, 0.29) is 22.9 Å². The van der Waals surface area contributed by atoms with Crippen molar-refractivity contribution in [2.45, 2.75) is 37.8 Å². The van der Waals surface area contributed by atoms with Gasteiger partial charge in [-0.25, -0.2) is 8.42 Å². The van der Waals surface area contributed by atoms with Crippen LogP contribution < -0.4 is 5.32 Å². The Bertz CT molecular complexity index is 839.